The molecular formula is C30H32N10O2. The van der Waals surface area contributed by atoms with Crippen LogP contribution in [0.4, 0.5) is 5.82 Å². The van der Waals surface area contributed by atoms with E-state index in [4.69, 9.17) is 15.0 Å². The van der Waals surface area contributed by atoms with Crippen molar-refractivity contribution in [1.29, 1.82) is 0 Å². The molecule has 0 amide bonds. The Bertz CT molecular complexity index is 1720. The monoisotopic (exact) mass is 564 g/mol. The fourth-order valence-corrected chi connectivity index (χ4v) is 4.88. The van der Waals surface area contributed by atoms with E-state index in [0.717, 1.165) is 70.8 Å². The van der Waals surface area contributed by atoms with Crippen LogP contribution in [0.3, 0.4) is 0 Å². The van der Waals surface area contributed by atoms with E-state index >= 15 is 0 Å². The molecule has 214 valence electrons. The minimum Gasteiger partial charge on any atom is -0.492 e. The standard InChI is InChI=1S/C30H32N10O2/c1-20-37-30(42-38-20)24-17-39(18-24)9-10-41-25-7-8-40-27(16-34-29(40)11-25)26-12-28(36-19-35-26)33-14-21-3-5-22(6-4-21)23(13-31)15-32-2/h3-8,11-13,15-16,19,24H,9-10,14,17-18,31H2,1-2H3,(H,33,35,36). The lowest BCUT2D eigenvalue weighted by atomic mass is 10.0. The van der Waals surface area contributed by atoms with Gasteiger partial charge in [0.15, 0.2) is 5.82 Å². The Hall–Kier alpha value is -5.10. The molecule has 1 aliphatic heterocycles. The molecule has 0 atom stereocenters. The summed E-state index contributed by atoms with van der Waals surface area (Å²) in [4.78, 5) is 24.1. The molecule has 3 N–H and O–H groups in total. The lowest BCUT2D eigenvalue weighted by molar-refractivity contribution is 0.104. The van der Waals surface area contributed by atoms with Crippen molar-refractivity contribution in [2.45, 2.75) is 19.4 Å². The Morgan fingerprint density at radius 3 is 2.79 bits per heavy atom. The summed E-state index contributed by atoms with van der Waals surface area (Å²) in [7, 11) is 1.72. The van der Waals surface area contributed by atoms with Gasteiger partial charge in [0.1, 0.15) is 30.1 Å². The van der Waals surface area contributed by atoms with E-state index in [1.54, 1.807) is 25.8 Å². The second-order valence-electron chi connectivity index (χ2n) is 10.1. The molecule has 0 saturated carbocycles. The van der Waals surface area contributed by atoms with E-state index < -0.39 is 0 Å². The molecule has 1 aliphatic rings. The van der Waals surface area contributed by atoms with Crippen LogP contribution in [0.1, 0.15) is 28.8 Å². The normalized spacial score (nSPS) is 14.5. The number of aryl methyl sites for hydroxylation is 1. The van der Waals surface area contributed by atoms with Crippen LogP contribution < -0.4 is 15.8 Å². The van der Waals surface area contributed by atoms with Gasteiger partial charge in [0.25, 0.3) is 0 Å². The molecule has 6 rings (SSSR count). The molecule has 5 heterocycles. The van der Waals surface area contributed by atoms with Gasteiger partial charge in [-0.15, -0.1) is 0 Å². The summed E-state index contributed by atoms with van der Waals surface area (Å²) in [6.45, 7) is 5.66. The first-order valence-corrected chi connectivity index (χ1v) is 13.7. The number of fused-ring (bicyclic) bond motifs is 1. The van der Waals surface area contributed by atoms with Gasteiger partial charge in [0.2, 0.25) is 5.89 Å². The summed E-state index contributed by atoms with van der Waals surface area (Å²) in [6, 6.07) is 14.0. The Kier molecular flexibility index (Phi) is 7.86. The first-order chi connectivity index (χ1) is 20.6. The number of pyridine rings is 1. The maximum absolute atomic E-state index is 6.01. The number of nitrogens with one attached hydrogen (secondary N) is 1. The zero-order valence-corrected chi connectivity index (χ0v) is 23.5. The molecule has 12 heteroatoms. The minimum absolute atomic E-state index is 0.309. The number of anilines is 1. The van der Waals surface area contributed by atoms with Crippen LogP contribution in [0.5, 0.6) is 5.75 Å². The minimum atomic E-state index is 0.309. The molecule has 5 aromatic rings. The van der Waals surface area contributed by atoms with Crippen LogP contribution in [-0.2, 0) is 6.54 Å². The topological polar surface area (TPSA) is 145 Å². The lowest BCUT2D eigenvalue weighted by Crippen LogP contribution is -2.46. The number of likely N-dealkylation sites (tertiary alicyclic amines) is 1. The maximum Gasteiger partial charge on any atom is 0.232 e. The Morgan fingerprint density at radius 2 is 2.02 bits per heavy atom. The van der Waals surface area contributed by atoms with Crippen molar-refractivity contribution in [3.8, 4) is 17.1 Å². The Morgan fingerprint density at radius 1 is 1.17 bits per heavy atom. The molecular weight excluding hydrogens is 532 g/mol. The van der Waals surface area contributed by atoms with E-state index in [1.165, 1.54) is 0 Å². The van der Waals surface area contributed by atoms with E-state index in [1.807, 2.05) is 54.0 Å². The molecule has 1 aromatic carbocycles. The highest BCUT2D eigenvalue weighted by Gasteiger charge is 2.32. The average molecular weight is 565 g/mol. The van der Waals surface area contributed by atoms with Gasteiger partial charge < -0.3 is 20.3 Å². The smallest absolute Gasteiger partial charge is 0.232 e. The van der Waals surface area contributed by atoms with Gasteiger partial charge in [0.05, 0.1) is 23.5 Å². The fourth-order valence-electron chi connectivity index (χ4n) is 4.88. The van der Waals surface area contributed by atoms with Crippen LogP contribution in [0.15, 0.2) is 76.9 Å². The molecule has 0 radical (unpaired) electrons. The third-order valence-corrected chi connectivity index (χ3v) is 7.15. The van der Waals surface area contributed by atoms with Gasteiger partial charge >= 0.3 is 0 Å². The fraction of sp³-hybridized carbons (Fsp3) is 0.267. The van der Waals surface area contributed by atoms with Gasteiger partial charge in [-0.1, -0.05) is 29.4 Å². The third-order valence-electron chi connectivity index (χ3n) is 7.15. The van der Waals surface area contributed by atoms with Gasteiger partial charge in [-0.25, -0.2) is 15.0 Å². The highest BCUT2D eigenvalue weighted by Crippen LogP contribution is 2.26. The van der Waals surface area contributed by atoms with Crippen molar-refractivity contribution < 1.29 is 9.26 Å². The van der Waals surface area contributed by atoms with Crippen LogP contribution >= 0.6 is 0 Å². The van der Waals surface area contributed by atoms with Crippen molar-refractivity contribution in [2.24, 2.45) is 10.7 Å². The summed E-state index contributed by atoms with van der Waals surface area (Å²) in [6.07, 6.45) is 8.62. The molecule has 1 saturated heterocycles. The van der Waals surface area contributed by atoms with Gasteiger partial charge in [-0.2, -0.15) is 4.98 Å². The summed E-state index contributed by atoms with van der Waals surface area (Å²) in [5.41, 5.74) is 11.1. The quantitative estimate of drug-likeness (QED) is 0.228. The number of imidazole rings is 1. The number of benzene rings is 1. The second-order valence-corrected chi connectivity index (χ2v) is 10.1. The molecule has 0 aliphatic carbocycles. The van der Waals surface area contributed by atoms with E-state index in [9.17, 15) is 0 Å². The SMILES string of the molecule is CN=CC(=CN)c1ccc(CNc2cc(-c3cnc4cc(OCCN5CC(c6nc(C)no6)C5)ccn34)ncn2)cc1. The largest absolute Gasteiger partial charge is 0.492 e. The van der Waals surface area contributed by atoms with E-state index in [0.29, 0.717) is 24.9 Å². The van der Waals surface area contributed by atoms with Crippen molar-refractivity contribution in [1.82, 2.24) is 34.4 Å². The summed E-state index contributed by atoms with van der Waals surface area (Å²) < 4.78 is 13.3. The summed E-state index contributed by atoms with van der Waals surface area (Å²) >= 11 is 0. The summed E-state index contributed by atoms with van der Waals surface area (Å²) in [5, 5.41) is 7.26. The van der Waals surface area contributed by atoms with Crippen molar-refractivity contribution >= 4 is 23.3 Å². The zero-order valence-electron chi connectivity index (χ0n) is 23.5. The van der Waals surface area contributed by atoms with Crippen LogP contribution in [0, 0.1) is 6.92 Å². The number of hydrogen-bond donors (Lipinski definition) is 2. The number of allylic oxidation sites excluding steroid dienone is 1. The number of nitrogens with zero attached hydrogens (tertiary/aromatic N) is 8. The average Bonchev–Trinajstić information content (AvgIpc) is 3.62. The van der Waals surface area contributed by atoms with Gasteiger partial charge in [-0.3, -0.25) is 14.3 Å². The predicted molar refractivity (Wildman–Crippen MR) is 160 cm³/mol. The van der Waals surface area contributed by atoms with Crippen LogP contribution in [0.2, 0.25) is 0 Å². The molecule has 12 nitrogen and oxygen atoms in total. The Balaban J connectivity index is 1.04. The number of aromatic nitrogens is 6. The van der Waals surface area contributed by atoms with Crippen molar-refractivity contribution in [3.05, 3.63) is 90.2 Å². The van der Waals surface area contributed by atoms with Crippen LogP contribution in [-0.4, -0.2) is 73.9 Å². The number of ether oxygens (including phenoxy) is 1. The van der Waals surface area contributed by atoms with E-state index in [-0.39, 0.29) is 0 Å². The highest BCUT2D eigenvalue weighted by atomic mass is 16.5. The van der Waals surface area contributed by atoms with E-state index in [2.05, 4.69) is 52.4 Å². The molecule has 0 unspecified atom stereocenters. The number of nitrogens with two attached hydrogens (primary N) is 1. The first kappa shape index (κ1) is 27.1. The maximum atomic E-state index is 6.01. The first-order valence-electron chi connectivity index (χ1n) is 13.7. The van der Waals surface area contributed by atoms with Crippen molar-refractivity contribution in [2.75, 3.05) is 38.6 Å². The molecule has 42 heavy (non-hydrogen) atoms. The van der Waals surface area contributed by atoms with Crippen molar-refractivity contribution in [3.63, 3.8) is 0 Å². The van der Waals surface area contributed by atoms with Crippen LogP contribution in [0.25, 0.3) is 22.6 Å². The molecule has 1 fully saturated rings. The summed E-state index contributed by atoms with van der Waals surface area (Å²) in [5.74, 6) is 3.21. The third kappa shape index (κ3) is 5.98. The Labute approximate surface area is 243 Å². The predicted octanol–water partition coefficient (Wildman–Crippen LogP) is 3.57. The van der Waals surface area contributed by atoms with Gasteiger partial charge in [-0.05, 0) is 24.1 Å². The number of hydrogen-bond acceptors (Lipinski definition) is 11. The molecule has 0 spiro atoms. The highest BCUT2D eigenvalue weighted by molar-refractivity contribution is 6.09. The zero-order chi connectivity index (χ0) is 28.9. The number of rotatable bonds is 11. The molecule has 4 aromatic heterocycles. The van der Waals surface area contributed by atoms with Gasteiger partial charge in [0, 0.05) is 69.5 Å². The lowest BCUT2D eigenvalue weighted by Gasteiger charge is -2.36. The molecule has 0 bridgehead atoms. The second kappa shape index (κ2) is 12.2. The number of aliphatic imine (C=N–C) groups is 1.